The normalized spacial score (nSPS) is 16.6. The lowest BCUT2D eigenvalue weighted by Crippen LogP contribution is -2.41. The van der Waals surface area contributed by atoms with Crippen LogP contribution < -0.4 is 15.2 Å². The fourth-order valence-electron chi connectivity index (χ4n) is 3.44. The van der Waals surface area contributed by atoms with E-state index in [0.29, 0.717) is 33.9 Å². The standard InChI is InChI=1S/C21H34N2O3S2/c1-5-8-12-26-19-14-16(22)15(13-18(19)25-4)20(24)23-11-9-10-17(23)21(27-6-2)28-7-3/h13-14,17,21H,5-12,22H2,1-4H3/t17-/m1/s1. The van der Waals surface area contributed by atoms with Crippen LogP contribution in [-0.2, 0) is 0 Å². The Balaban J connectivity index is 2.24. The minimum absolute atomic E-state index is 0.00295. The summed E-state index contributed by atoms with van der Waals surface area (Å²) < 4.78 is 11.7. The maximum Gasteiger partial charge on any atom is 0.256 e. The predicted molar refractivity (Wildman–Crippen MR) is 122 cm³/mol. The fourth-order valence-corrected chi connectivity index (χ4v) is 6.31. The number of carbonyl (C=O) groups excluding carboxylic acids is 1. The van der Waals surface area contributed by atoms with Crippen LogP contribution in [0.5, 0.6) is 11.5 Å². The highest BCUT2D eigenvalue weighted by molar-refractivity contribution is 8.17. The molecule has 1 aliphatic rings. The second-order valence-corrected chi connectivity index (χ2v) is 9.92. The largest absolute Gasteiger partial charge is 0.493 e. The van der Waals surface area contributed by atoms with Crippen molar-refractivity contribution in [1.82, 2.24) is 4.90 Å². The molecule has 0 saturated carbocycles. The van der Waals surface area contributed by atoms with Crippen LogP contribution in [0.2, 0.25) is 0 Å². The van der Waals surface area contributed by atoms with Gasteiger partial charge >= 0.3 is 0 Å². The maximum absolute atomic E-state index is 13.4. The number of methoxy groups -OCH3 is 1. The van der Waals surface area contributed by atoms with Gasteiger partial charge in [0.05, 0.1) is 29.9 Å². The number of likely N-dealkylation sites (tertiary alicyclic amines) is 1. The number of hydrogen-bond donors (Lipinski definition) is 1. The molecule has 1 aliphatic heterocycles. The molecule has 5 nitrogen and oxygen atoms in total. The molecule has 1 fully saturated rings. The number of nitrogens with two attached hydrogens (primary N) is 1. The summed E-state index contributed by atoms with van der Waals surface area (Å²) in [6, 6.07) is 3.71. The molecular formula is C21H34N2O3S2. The number of ether oxygens (including phenoxy) is 2. The molecule has 7 heteroatoms. The van der Waals surface area contributed by atoms with E-state index in [1.165, 1.54) is 0 Å². The van der Waals surface area contributed by atoms with E-state index in [1.807, 2.05) is 28.4 Å². The summed E-state index contributed by atoms with van der Waals surface area (Å²) in [5.41, 5.74) is 7.22. The van der Waals surface area contributed by atoms with Crippen molar-refractivity contribution in [3.05, 3.63) is 17.7 Å². The minimum atomic E-state index is -0.00295. The number of unbranched alkanes of at least 4 members (excludes halogenated alkanes) is 1. The van der Waals surface area contributed by atoms with Gasteiger partial charge < -0.3 is 20.1 Å². The molecule has 1 heterocycles. The average Bonchev–Trinajstić information content (AvgIpc) is 3.17. The van der Waals surface area contributed by atoms with Crippen LogP contribution in [0.25, 0.3) is 0 Å². The van der Waals surface area contributed by atoms with Crippen molar-refractivity contribution >= 4 is 35.1 Å². The Bertz CT molecular complexity index is 636. The molecule has 1 aromatic rings. The number of hydrogen-bond acceptors (Lipinski definition) is 6. The molecule has 1 amide bonds. The highest BCUT2D eigenvalue weighted by atomic mass is 32.2. The quantitative estimate of drug-likeness (QED) is 0.309. The van der Waals surface area contributed by atoms with E-state index in [2.05, 4.69) is 20.8 Å². The van der Waals surface area contributed by atoms with Crippen LogP contribution in [0.4, 0.5) is 5.69 Å². The number of thioether (sulfide) groups is 2. The third-order valence-corrected chi connectivity index (χ3v) is 7.63. The van der Waals surface area contributed by atoms with E-state index in [-0.39, 0.29) is 11.9 Å². The molecule has 1 atom stereocenters. The number of amides is 1. The molecule has 0 bridgehead atoms. The van der Waals surface area contributed by atoms with Gasteiger partial charge in [-0.3, -0.25) is 4.79 Å². The number of nitrogen functional groups attached to an aromatic ring is 1. The third kappa shape index (κ3) is 5.66. The highest BCUT2D eigenvalue weighted by Gasteiger charge is 2.36. The second kappa shape index (κ2) is 11.7. The average molecular weight is 427 g/mol. The first-order valence-corrected chi connectivity index (χ1v) is 12.3. The number of benzene rings is 1. The van der Waals surface area contributed by atoms with Gasteiger partial charge in [-0.15, -0.1) is 23.5 Å². The molecule has 1 aromatic carbocycles. The van der Waals surface area contributed by atoms with Crippen LogP contribution in [0, 0.1) is 0 Å². The molecule has 158 valence electrons. The summed E-state index contributed by atoms with van der Waals surface area (Å²) in [6.45, 7) is 7.86. The molecule has 0 aromatic heterocycles. The molecule has 1 saturated heterocycles. The van der Waals surface area contributed by atoms with Crippen LogP contribution >= 0.6 is 23.5 Å². The predicted octanol–water partition coefficient (Wildman–Crippen LogP) is 4.89. The van der Waals surface area contributed by atoms with Crippen molar-refractivity contribution in [2.24, 2.45) is 0 Å². The number of carbonyl (C=O) groups is 1. The Morgan fingerprint density at radius 3 is 2.57 bits per heavy atom. The second-order valence-electron chi connectivity index (χ2n) is 6.78. The smallest absolute Gasteiger partial charge is 0.256 e. The van der Waals surface area contributed by atoms with Crippen molar-refractivity contribution in [3.63, 3.8) is 0 Å². The Labute approximate surface area is 178 Å². The summed E-state index contributed by atoms with van der Waals surface area (Å²) >= 11 is 3.87. The monoisotopic (exact) mass is 426 g/mol. The third-order valence-electron chi connectivity index (χ3n) is 4.86. The van der Waals surface area contributed by atoms with Gasteiger partial charge in [-0.25, -0.2) is 0 Å². The molecule has 0 spiro atoms. The number of rotatable bonds is 11. The maximum atomic E-state index is 13.4. The summed E-state index contributed by atoms with van der Waals surface area (Å²) in [6.07, 6.45) is 4.10. The summed E-state index contributed by atoms with van der Waals surface area (Å²) in [7, 11) is 1.59. The van der Waals surface area contributed by atoms with Gasteiger partial charge in [-0.2, -0.15) is 0 Å². The van der Waals surface area contributed by atoms with E-state index >= 15 is 0 Å². The summed E-state index contributed by atoms with van der Waals surface area (Å²) in [5, 5.41) is 0. The first-order chi connectivity index (χ1) is 13.6. The molecule has 0 unspecified atom stereocenters. The Morgan fingerprint density at radius 2 is 1.96 bits per heavy atom. The molecule has 0 aliphatic carbocycles. The van der Waals surface area contributed by atoms with E-state index in [1.54, 1.807) is 19.2 Å². The molecule has 28 heavy (non-hydrogen) atoms. The van der Waals surface area contributed by atoms with Crippen molar-refractivity contribution in [1.29, 1.82) is 0 Å². The van der Waals surface area contributed by atoms with Gasteiger partial charge in [0.2, 0.25) is 0 Å². The van der Waals surface area contributed by atoms with Crippen LogP contribution in [0.15, 0.2) is 12.1 Å². The van der Waals surface area contributed by atoms with Crippen molar-refractivity contribution in [3.8, 4) is 11.5 Å². The Morgan fingerprint density at radius 1 is 1.25 bits per heavy atom. The van der Waals surface area contributed by atoms with Gasteiger partial charge in [0, 0.05) is 18.3 Å². The van der Waals surface area contributed by atoms with Gasteiger partial charge in [0.25, 0.3) is 5.91 Å². The Hall–Kier alpha value is -1.21. The molecule has 0 radical (unpaired) electrons. The lowest BCUT2D eigenvalue weighted by atomic mass is 10.1. The minimum Gasteiger partial charge on any atom is -0.493 e. The number of anilines is 1. The van der Waals surface area contributed by atoms with Gasteiger partial charge in [-0.1, -0.05) is 27.2 Å². The Kier molecular flexibility index (Phi) is 9.65. The number of nitrogens with zero attached hydrogens (tertiary/aromatic N) is 1. The van der Waals surface area contributed by atoms with E-state index in [0.717, 1.165) is 43.7 Å². The molecule has 2 N–H and O–H groups in total. The van der Waals surface area contributed by atoms with Crippen LogP contribution in [-0.4, -0.2) is 53.2 Å². The molecule has 2 rings (SSSR count). The highest BCUT2D eigenvalue weighted by Crippen LogP contribution is 2.38. The van der Waals surface area contributed by atoms with Gasteiger partial charge in [0.1, 0.15) is 0 Å². The summed E-state index contributed by atoms with van der Waals surface area (Å²) in [4.78, 5) is 15.4. The fraction of sp³-hybridized carbons (Fsp3) is 0.667. The van der Waals surface area contributed by atoms with E-state index in [9.17, 15) is 4.79 Å². The SMILES string of the molecule is CCCCOc1cc(N)c(C(=O)N2CCC[C@@H]2C(SCC)SCC)cc1OC. The zero-order valence-corrected chi connectivity index (χ0v) is 19.2. The summed E-state index contributed by atoms with van der Waals surface area (Å²) in [5.74, 6) is 3.26. The van der Waals surface area contributed by atoms with E-state index in [4.69, 9.17) is 15.2 Å². The van der Waals surface area contributed by atoms with Gasteiger partial charge in [0.15, 0.2) is 11.5 Å². The van der Waals surface area contributed by atoms with Gasteiger partial charge in [-0.05, 0) is 36.8 Å². The van der Waals surface area contributed by atoms with Crippen molar-refractivity contribution < 1.29 is 14.3 Å². The first-order valence-electron chi connectivity index (χ1n) is 10.2. The first kappa shape index (κ1) is 23.1. The van der Waals surface area contributed by atoms with Crippen LogP contribution in [0.1, 0.15) is 56.8 Å². The lowest BCUT2D eigenvalue weighted by Gasteiger charge is -2.31. The lowest BCUT2D eigenvalue weighted by molar-refractivity contribution is 0.0746. The van der Waals surface area contributed by atoms with Crippen molar-refractivity contribution in [2.45, 2.75) is 57.1 Å². The zero-order valence-electron chi connectivity index (χ0n) is 17.5. The topological polar surface area (TPSA) is 64.8 Å². The van der Waals surface area contributed by atoms with Crippen molar-refractivity contribution in [2.75, 3.05) is 37.5 Å². The van der Waals surface area contributed by atoms with Crippen LogP contribution in [0.3, 0.4) is 0 Å². The zero-order chi connectivity index (χ0) is 20.5. The van der Waals surface area contributed by atoms with E-state index < -0.39 is 0 Å². The molecular weight excluding hydrogens is 392 g/mol.